The summed E-state index contributed by atoms with van der Waals surface area (Å²) in [6.45, 7) is 9.94. The van der Waals surface area contributed by atoms with Crippen LogP contribution in [0.2, 0.25) is 6.82 Å². The van der Waals surface area contributed by atoms with E-state index in [9.17, 15) is 14.4 Å². The first-order valence-corrected chi connectivity index (χ1v) is 10.2. The number of carbonyl (C=O) groups is 3. The Morgan fingerprint density at radius 1 is 1.19 bits per heavy atom. The van der Waals surface area contributed by atoms with Crippen LogP contribution in [0.25, 0.3) is 0 Å². The van der Waals surface area contributed by atoms with Crippen molar-refractivity contribution in [1.29, 1.82) is 0 Å². The van der Waals surface area contributed by atoms with Gasteiger partial charge in [0.1, 0.15) is 0 Å². The fourth-order valence-electron chi connectivity index (χ4n) is 3.81. The summed E-state index contributed by atoms with van der Waals surface area (Å²) in [4.78, 5) is 38.0. The van der Waals surface area contributed by atoms with Gasteiger partial charge in [-0.05, 0) is 35.8 Å². The highest BCUT2D eigenvalue weighted by Crippen LogP contribution is 2.38. The highest BCUT2D eigenvalue weighted by atomic mass is 32.2. The number of anilines is 1. The molecule has 1 aromatic rings. The van der Waals surface area contributed by atoms with Crippen LogP contribution < -0.4 is 4.90 Å². The van der Waals surface area contributed by atoms with Crippen LogP contribution in [0.1, 0.15) is 46.1 Å². The molecule has 1 heterocycles. The maximum Gasteiger partial charge on any atom is 0.247 e. The smallest absolute Gasteiger partial charge is 0.247 e. The second-order valence-corrected chi connectivity index (χ2v) is 9.18. The third kappa shape index (κ3) is 4.06. The van der Waals surface area contributed by atoms with Crippen LogP contribution in [0.3, 0.4) is 0 Å². The molecule has 1 aliphatic heterocycles. The van der Waals surface area contributed by atoms with E-state index in [1.165, 1.54) is 16.7 Å². The lowest BCUT2D eigenvalue weighted by Crippen LogP contribution is -2.35. The molecule has 1 radical (unpaired) electrons. The van der Waals surface area contributed by atoms with Gasteiger partial charge in [0.2, 0.25) is 11.8 Å². The lowest BCUT2D eigenvalue weighted by atomic mass is 9.59. The van der Waals surface area contributed by atoms with Gasteiger partial charge in [0.15, 0.2) is 7.28 Å². The van der Waals surface area contributed by atoms with Gasteiger partial charge in [0, 0.05) is 11.8 Å². The van der Waals surface area contributed by atoms with Gasteiger partial charge in [0.25, 0.3) is 0 Å². The second-order valence-electron chi connectivity index (χ2n) is 8.14. The van der Waals surface area contributed by atoms with Crippen molar-refractivity contribution in [3.05, 3.63) is 29.8 Å². The SMILES string of the molecule is C[B]C(=O)C(C)(C)CC(C)(C)c1ccc(N2C(=O)CC(SC)C2=O)cc1. The molecule has 0 aliphatic carbocycles. The molecule has 1 saturated heterocycles. The molecule has 1 fully saturated rings. The number of hydrogen-bond acceptors (Lipinski definition) is 4. The van der Waals surface area contributed by atoms with Crippen molar-refractivity contribution < 1.29 is 14.4 Å². The van der Waals surface area contributed by atoms with E-state index in [1.54, 1.807) is 14.1 Å². The van der Waals surface area contributed by atoms with Crippen molar-refractivity contribution in [1.82, 2.24) is 0 Å². The maximum atomic E-state index is 12.4. The number of amides is 2. The molecule has 1 aromatic carbocycles. The Kier molecular flexibility index (Phi) is 6.06. The van der Waals surface area contributed by atoms with E-state index in [1.807, 2.05) is 44.4 Å². The van der Waals surface area contributed by atoms with Gasteiger partial charge >= 0.3 is 0 Å². The fraction of sp³-hybridized carbons (Fsp3) is 0.550. The molecule has 4 nitrogen and oxygen atoms in total. The van der Waals surface area contributed by atoms with Gasteiger partial charge in [-0.25, -0.2) is 4.90 Å². The summed E-state index contributed by atoms with van der Waals surface area (Å²) < 4.78 is 0. The number of thioether (sulfide) groups is 1. The average molecular weight is 372 g/mol. The Morgan fingerprint density at radius 2 is 1.77 bits per heavy atom. The zero-order valence-electron chi connectivity index (χ0n) is 16.5. The molecular formula is C20H27BNO3S. The van der Waals surface area contributed by atoms with Gasteiger partial charge in [-0.15, -0.1) is 0 Å². The van der Waals surface area contributed by atoms with Crippen LogP contribution in [0.5, 0.6) is 0 Å². The minimum absolute atomic E-state index is 0.138. The zero-order valence-corrected chi connectivity index (χ0v) is 17.3. The van der Waals surface area contributed by atoms with Gasteiger partial charge in [-0.3, -0.25) is 9.59 Å². The van der Waals surface area contributed by atoms with Crippen LogP contribution >= 0.6 is 11.8 Å². The minimum atomic E-state index is -0.441. The van der Waals surface area contributed by atoms with Crippen LogP contribution in [0.15, 0.2) is 24.3 Å². The molecule has 0 bridgehead atoms. The first kappa shape index (κ1) is 20.8. The molecule has 139 valence electrons. The fourth-order valence-corrected chi connectivity index (χ4v) is 4.42. The van der Waals surface area contributed by atoms with Crippen LogP contribution in [0, 0.1) is 5.41 Å². The summed E-state index contributed by atoms with van der Waals surface area (Å²) in [6, 6.07) is 7.57. The zero-order chi connectivity index (χ0) is 19.7. The van der Waals surface area contributed by atoms with E-state index in [-0.39, 0.29) is 34.6 Å². The second kappa shape index (κ2) is 7.59. The molecule has 1 unspecified atom stereocenters. The highest BCUT2D eigenvalue weighted by Gasteiger charge is 2.39. The normalized spacial score (nSPS) is 18.4. The molecule has 1 atom stereocenters. The molecule has 6 heteroatoms. The number of benzene rings is 1. The van der Waals surface area contributed by atoms with Crippen molar-refractivity contribution in [2.24, 2.45) is 5.41 Å². The predicted molar refractivity (Wildman–Crippen MR) is 109 cm³/mol. The standard InChI is InChI=1S/C20H27BNO3S/c1-19(2,12-20(3,4)18(25)21-5)13-7-9-14(10-8-13)22-16(23)11-15(26-6)17(22)24/h7-10,15H,11-12H2,1-6H3. The van der Waals surface area contributed by atoms with E-state index in [4.69, 9.17) is 0 Å². The van der Waals surface area contributed by atoms with Crippen LogP contribution in [0.4, 0.5) is 5.69 Å². The molecule has 0 N–H and O–H groups in total. The molecule has 26 heavy (non-hydrogen) atoms. The molecular weight excluding hydrogens is 345 g/mol. The number of carbonyl (C=O) groups excluding carboxylic acids is 3. The molecule has 2 rings (SSSR count). The van der Waals surface area contributed by atoms with E-state index >= 15 is 0 Å². The maximum absolute atomic E-state index is 12.4. The minimum Gasteiger partial charge on any atom is -0.311 e. The monoisotopic (exact) mass is 372 g/mol. The van der Waals surface area contributed by atoms with E-state index < -0.39 is 5.41 Å². The summed E-state index contributed by atoms with van der Waals surface area (Å²) in [5.41, 5.74) is 1.19. The van der Waals surface area contributed by atoms with Gasteiger partial charge in [-0.1, -0.05) is 46.7 Å². The third-order valence-corrected chi connectivity index (χ3v) is 6.05. The van der Waals surface area contributed by atoms with Crippen molar-refractivity contribution in [2.75, 3.05) is 11.2 Å². The number of nitrogens with zero attached hydrogens (tertiary/aromatic N) is 1. The Hall–Kier alpha value is -1.56. The third-order valence-electron chi connectivity index (χ3n) is 5.11. The van der Waals surface area contributed by atoms with Crippen molar-refractivity contribution in [3.63, 3.8) is 0 Å². The number of imide groups is 1. The molecule has 0 aromatic heterocycles. The van der Waals surface area contributed by atoms with Crippen molar-refractivity contribution in [3.8, 4) is 0 Å². The molecule has 0 saturated carbocycles. The van der Waals surface area contributed by atoms with Crippen molar-refractivity contribution >= 4 is 42.2 Å². The first-order chi connectivity index (χ1) is 12.0. The van der Waals surface area contributed by atoms with Gasteiger partial charge in [0.05, 0.1) is 16.6 Å². The summed E-state index contributed by atoms with van der Waals surface area (Å²) >= 11 is 1.41. The summed E-state index contributed by atoms with van der Waals surface area (Å²) in [5.74, 6) is -0.286. The lowest BCUT2D eigenvalue weighted by Gasteiger charge is -2.34. The summed E-state index contributed by atoms with van der Waals surface area (Å²) in [6.07, 6.45) is 2.82. The number of hydrogen-bond donors (Lipinski definition) is 0. The predicted octanol–water partition coefficient (Wildman–Crippen LogP) is 3.65. The Morgan fingerprint density at radius 3 is 2.23 bits per heavy atom. The lowest BCUT2D eigenvalue weighted by molar-refractivity contribution is -0.121. The Bertz CT molecular complexity index is 712. The largest absolute Gasteiger partial charge is 0.311 e. The molecule has 0 spiro atoms. The van der Waals surface area contributed by atoms with Gasteiger partial charge < -0.3 is 4.79 Å². The van der Waals surface area contributed by atoms with E-state index in [2.05, 4.69) is 13.8 Å². The van der Waals surface area contributed by atoms with Crippen LogP contribution in [-0.4, -0.2) is 36.3 Å². The number of rotatable bonds is 7. The van der Waals surface area contributed by atoms with Crippen LogP contribution in [-0.2, 0) is 19.8 Å². The Labute approximate surface area is 161 Å². The highest BCUT2D eigenvalue weighted by molar-refractivity contribution is 8.00. The van der Waals surface area contributed by atoms with Gasteiger partial charge in [-0.2, -0.15) is 11.8 Å². The average Bonchev–Trinajstić information content (AvgIpc) is 2.87. The first-order valence-electron chi connectivity index (χ1n) is 8.87. The van der Waals surface area contributed by atoms with Crippen molar-refractivity contribution in [2.45, 2.75) is 58.0 Å². The summed E-state index contributed by atoms with van der Waals surface area (Å²) in [5, 5.41) is -0.282. The Balaban J connectivity index is 2.22. The topological polar surface area (TPSA) is 54.5 Å². The summed E-state index contributed by atoms with van der Waals surface area (Å²) in [7, 11) is 1.63. The van der Waals surface area contributed by atoms with E-state index in [0.29, 0.717) is 12.1 Å². The van der Waals surface area contributed by atoms with E-state index in [0.717, 1.165) is 5.56 Å². The molecule has 2 amide bonds. The molecule has 1 aliphatic rings. The quantitative estimate of drug-likeness (QED) is 0.542.